The van der Waals surface area contributed by atoms with Crippen LogP contribution >= 0.6 is 11.3 Å². The minimum atomic E-state index is -8.33. The van der Waals surface area contributed by atoms with Crippen LogP contribution in [0.3, 0.4) is 0 Å². The van der Waals surface area contributed by atoms with Gasteiger partial charge in [0.1, 0.15) is 0 Å². The molecule has 0 saturated heterocycles. The molecule has 0 aromatic carbocycles. The zero-order valence-electron chi connectivity index (χ0n) is 12.0. The number of anilines is 1. The fourth-order valence-electron chi connectivity index (χ4n) is 1.46. The van der Waals surface area contributed by atoms with Gasteiger partial charge in [-0.3, -0.25) is 0 Å². The molecule has 2 N–H and O–H groups in total. The number of nitrogens with two attached hydrogens (primary N) is 1. The first kappa shape index (κ1) is 24.3. The lowest BCUT2D eigenvalue weighted by Gasteiger charge is -2.41. The van der Waals surface area contributed by atoms with Gasteiger partial charge in [-0.05, 0) is 0 Å². The first-order valence-corrected chi connectivity index (χ1v) is 6.75. The Morgan fingerprint density at radius 1 is 0.536 bits per heavy atom. The van der Waals surface area contributed by atoms with Crippen LogP contribution in [0.5, 0.6) is 0 Å². The van der Waals surface area contributed by atoms with Crippen LogP contribution in [0.2, 0.25) is 0 Å². The predicted octanol–water partition coefficient (Wildman–Crippen LogP) is 4.95. The monoisotopic (exact) mass is 469 g/mol. The Labute approximate surface area is 146 Å². The molecule has 1 rings (SSSR count). The highest BCUT2D eigenvalue weighted by molar-refractivity contribution is 7.15. The highest BCUT2D eigenvalue weighted by Gasteiger charge is 2.93. The van der Waals surface area contributed by atoms with Gasteiger partial charge in [-0.2, -0.15) is 65.9 Å². The molecule has 1 aromatic heterocycles. The van der Waals surface area contributed by atoms with Crippen LogP contribution < -0.4 is 5.73 Å². The van der Waals surface area contributed by atoms with E-state index in [9.17, 15) is 65.9 Å². The second kappa shape index (κ2) is 6.15. The van der Waals surface area contributed by atoms with E-state index in [2.05, 4.69) is 15.9 Å². The van der Waals surface area contributed by atoms with Gasteiger partial charge in [0, 0.05) is 0 Å². The highest BCUT2D eigenvalue weighted by atomic mass is 32.1. The largest absolute Gasteiger partial charge is 0.460 e. The summed E-state index contributed by atoms with van der Waals surface area (Å²) in [6, 6.07) is 0. The van der Waals surface area contributed by atoms with Gasteiger partial charge in [0.05, 0.1) is 0 Å². The molecular formula is C9H2F15N3S. The zero-order chi connectivity index (χ0) is 22.8. The number of nitrogen functional groups attached to an aromatic ring is 1. The van der Waals surface area contributed by atoms with Gasteiger partial charge in [0.2, 0.25) is 5.13 Å². The molecule has 0 radical (unpaired) electrons. The SMILES string of the molecule is Nc1nnc(C(F)(F)C(F)(F)C(F)(F)C(F)(F)C(F)(F)C(F)(F)C(F)(F)F)s1. The number of nitrogens with zero attached hydrogens (tertiary/aromatic N) is 2. The van der Waals surface area contributed by atoms with E-state index in [1.54, 1.807) is 0 Å². The Morgan fingerprint density at radius 3 is 1.21 bits per heavy atom. The summed E-state index contributed by atoms with van der Waals surface area (Å²) in [5.74, 6) is -47.0. The third-order valence-corrected chi connectivity index (χ3v) is 3.86. The van der Waals surface area contributed by atoms with Crippen molar-refractivity contribution in [2.75, 3.05) is 5.73 Å². The molecule has 0 bridgehead atoms. The van der Waals surface area contributed by atoms with Gasteiger partial charge in [0.25, 0.3) is 0 Å². The summed E-state index contributed by atoms with van der Waals surface area (Å²) in [5.41, 5.74) is 4.67. The van der Waals surface area contributed by atoms with Crippen molar-refractivity contribution in [1.82, 2.24) is 10.2 Å². The van der Waals surface area contributed by atoms with Crippen LogP contribution in [0, 0.1) is 0 Å². The van der Waals surface area contributed by atoms with Gasteiger partial charge in [-0.25, -0.2) is 0 Å². The Kier molecular flexibility index (Phi) is 5.35. The molecule has 19 heteroatoms. The van der Waals surface area contributed by atoms with Crippen molar-refractivity contribution in [3.63, 3.8) is 0 Å². The molecule has 0 atom stereocenters. The van der Waals surface area contributed by atoms with E-state index in [0.717, 1.165) is 0 Å². The van der Waals surface area contributed by atoms with Crippen LogP contribution in [-0.2, 0) is 5.92 Å². The molecule has 28 heavy (non-hydrogen) atoms. The minimum absolute atomic E-state index is 0.803. The summed E-state index contributed by atoms with van der Waals surface area (Å²) in [6.07, 6.45) is -7.64. The molecule has 0 saturated carbocycles. The van der Waals surface area contributed by atoms with Crippen molar-refractivity contribution >= 4 is 16.5 Å². The van der Waals surface area contributed by atoms with Gasteiger partial charge < -0.3 is 5.73 Å². The van der Waals surface area contributed by atoms with Crippen molar-refractivity contribution in [2.45, 2.75) is 41.7 Å². The highest BCUT2D eigenvalue weighted by Crippen LogP contribution is 2.63. The zero-order valence-corrected chi connectivity index (χ0v) is 12.9. The summed E-state index contributed by atoms with van der Waals surface area (Å²) >= 11 is -0.803. The molecule has 164 valence electrons. The standard InChI is InChI=1S/C9H2F15N3S/c10-3(11,1-26-27-2(25)28-1)4(12,13)5(14,15)6(16,17)7(18,19)8(20,21)9(22,23)24/h(H2,25,27). The number of alkyl halides is 15. The topological polar surface area (TPSA) is 51.8 Å². The second-order valence-electron chi connectivity index (χ2n) is 4.89. The van der Waals surface area contributed by atoms with Crippen LogP contribution in [0.15, 0.2) is 0 Å². The summed E-state index contributed by atoms with van der Waals surface area (Å²) in [4.78, 5) is 0. The van der Waals surface area contributed by atoms with Gasteiger partial charge in [-0.1, -0.05) is 11.3 Å². The molecule has 0 aliphatic heterocycles. The molecular weight excluding hydrogens is 467 g/mol. The normalized spacial score (nSPS) is 15.8. The smallest absolute Gasteiger partial charge is 0.374 e. The Bertz CT molecular complexity index is 721. The lowest BCUT2D eigenvalue weighted by molar-refractivity contribution is -0.453. The molecule has 0 fully saturated rings. The molecule has 1 heterocycles. The quantitative estimate of drug-likeness (QED) is 0.601. The van der Waals surface area contributed by atoms with Crippen molar-refractivity contribution in [3.05, 3.63) is 5.01 Å². The molecule has 0 spiro atoms. The van der Waals surface area contributed by atoms with Crippen molar-refractivity contribution in [3.8, 4) is 0 Å². The average Bonchev–Trinajstić information content (AvgIpc) is 2.92. The number of hydrogen-bond acceptors (Lipinski definition) is 4. The van der Waals surface area contributed by atoms with Crippen molar-refractivity contribution < 1.29 is 65.9 Å². The van der Waals surface area contributed by atoms with Crippen molar-refractivity contribution in [2.24, 2.45) is 0 Å². The fraction of sp³-hybridized carbons (Fsp3) is 0.778. The maximum Gasteiger partial charge on any atom is 0.460 e. The summed E-state index contributed by atoms with van der Waals surface area (Å²) in [5, 5.41) is 0.916. The van der Waals surface area contributed by atoms with E-state index in [0.29, 0.717) is 0 Å². The molecule has 3 nitrogen and oxygen atoms in total. The van der Waals surface area contributed by atoms with Crippen LogP contribution in [0.4, 0.5) is 71.0 Å². The van der Waals surface area contributed by atoms with Gasteiger partial charge in [-0.15, -0.1) is 10.2 Å². The van der Waals surface area contributed by atoms with Crippen LogP contribution in [-0.4, -0.2) is 46.0 Å². The Morgan fingerprint density at radius 2 is 0.893 bits per heavy atom. The molecule has 0 aliphatic carbocycles. The first-order chi connectivity index (χ1) is 12.0. The predicted molar refractivity (Wildman–Crippen MR) is 59.0 cm³/mol. The number of rotatable bonds is 6. The summed E-state index contributed by atoms with van der Waals surface area (Å²) < 4.78 is 194. The van der Waals surface area contributed by atoms with E-state index in [4.69, 9.17) is 0 Å². The number of hydrogen-bond donors (Lipinski definition) is 1. The third-order valence-electron chi connectivity index (χ3n) is 3.04. The first-order valence-electron chi connectivity index (χ1n) is 5.93. The van der Waals surface area contributed by atoms with E-state index in [1.165, 1.54) is 0 Å². The van der Waals surface area contributed by atoms with E-state index in [1.807, 2.05) is 0 Å². The second-order valence-corrected chi connectivity index (χ2v) is 5.90. The number of halogens is 15. The lowest BCUT2D eigenvalue weighted by Crippen LogP contribution is -2.72. The van der Waals surface area contributed by atoms with E-state index in [-0.39, 0.29) is 0 Å². The number of aromatic nitrogens is 2. The lowest BCUT2D eigenvalue weighted by atomic mass is 9.91. The maximum atomic E-state index is 13.5. The van der Waals surface area contributed by atoms with Crippen molar-refractivity contribution in [1.29, 1.82) is 0 Å². The van der Waals surface area contributed by atoms with Gasteiger partial charge in [0.15, 0.2) is 5.01 Å². The Hall–Kier alpha value is -1.69. The molecule has 1 aromatic rings. The molecule has 0 unspecified atom stereocenters. The molecule has 0 amide bonds. The van der Waals surface area contributed by atoms with E-state index < -0.39 is 63.2 Å². The van der Waals surface area contributed by atoms with Crippen LogP contribution in [0.1, 0.15) is 5.01 Å². The fourth-order valence-corrected chi connectivity index (χ4v) is 2.08. The summed E-state index contributed by atoms with van der Waals surface area (Å²) in [6.45, 7) is 0. The van der Waals surface area contributed by atoms with Gasteiger partial charge >= 0.3 is 41.7 Å². The third kappa shape index (κ3) is 2.92. The maximum absolute atomic E-state index is 13.5. The van der Waals surface area contributed by atoms with Crippen LogP contribution in [0.25, 0.3) is 0 Å². The average molecular weight is 469 g/mol. The minimum Gasteiger partial charge on any atom is -0.374 e. The molecule has 0 aliphatic rings. The Balaban J connectivity index is 3.61. The van der Waals surface area contributed by atoms with E-state index >= 15 is 0 Å². The summed E-state index contributed by atoms with van der Waals surface area (Å²) in [7, 11) is 0.